The highest BCUT2D eigenvalue weighted by Crippen LogP contribution is 2.65. The Kier molecular flexibility index (Phi) is 8.67. The van der Waals surface area contributed by atoms with Gasteiger partial charge in [-0.2, -0.15) is 0 Å². The number of ether oxygens (including phenoxy) is 1. The monoisotopic (exact) mass is 572 g/mol. The highest BCUT2D eigenvalue weighted by Gasteiger charge is 2.69. The molecule has 5 aliphatic rings. The first-order chi connectivity index (χ1) is 19.5. The summed E-state index contributed by atoms with van der Waals surface area (Å²) in [5.41, 5.74) is 5.18. The van der Waals surface area contributed by atoms with Crippen LogP contribution >= 0.6 is 0 Å². The molecule has 0 aromatic heterocycles. The predicted molar refractivity (Wildman–Crippen MR) is 151 cm³/mol. The first-order valence-electron chi connectivity index (χ1n) is 15.9. The molecule has 5 fully saturated rings. The molecule has 0 aromatic carbocycles. The minimum Gasteiger partial charge on any atom is -0.446 e. The van der Waals surface area contributed by atoms with E-state index in [2.05, 4.69) is 31.4 Å². The second-order valence-electron chi connectivity index (χ2n) is 14.2. The number of ketones is 1. The van der Waals surface area contributed by atoms with Crippen molar-refractivity contribution in [2.75, 3.05) is 6.54 Å². The van der Waals surface area contributed by atoms with E-state index in [0.29, 0.717) is 18.9 Å². The molecule has 228 valence electrons. The van der Waals surface area contributed by atoms with Crippen LogP contribution in [-0.2, 0) is 23.9 Å². The van der Waals surface area contributed by atoms with Crippen molar-refractivity contribution in [1.29, 1.82) is 0 Å². The van der Waals surface area contributed by atoms with Gasteiger partial charge < -0.3 is 26.0 Å². The summed E-state index contributed by atoms with van der Waals surface area (Å²) in [7, 11) is 0. The highest BCUT2D eigenvalue weighted by molar-refractivity contribution is 6.37. The number of nitrogens with zero attached hydrogens (tertiary/aromatic N) is 1. The van der Waals surface area contributed by atoms with E-state index in [1.165, 1.54) is 0 Å². The van der Waals surface area contributed by atoms with Crippen molar-refractivity contribution < 1.29 is 28.7 Å². The normalized spacial score (nSPS) is 32.3. The van der Waals surface area contributed by atoms with Gasteiger partial charge in [-0.25, -0.2) is 4.79 Å². The van der Waals surface area contributed by atoms with Crippen LogP contribution in [0.5, 0.6) is 0 Å². The van der Waals surface area contributed by atoms with Gasteiger partial charge in [0.1, 0.15) is 18.2 Å². The minimum atomic E-state index is -1.06. The van der Waals surface area contributed by atoms with Gasteiger partial charge in [-0.15, -0.1) is 0 Å². The van der Waals surface area contributed by atoms with E-state index in [1.807, 2.05) is 0 Å². The van der Waals surface area contributed by atoms with Crippen molar-refractivity contribution in [3.63, 3.8) is 0 Å². The molecule has 4 amide bonds. The lowest BCUT2D eigenvalue weighted by Gasteiger charge is -2.37. The third-order valence-corrected chi connectivity index (χ3v) is 10.7. The number of amides is 4. The van der Waals surface area contributed by atoms with E-state index in [-0.39, 0.29) is 41.1 Å². The van der Waals surface area contributed by atoms with Gasteiger partial charge in [0.05, 0.1) is 6.04 Å². The summed E-state index contributed by atoms with van der Waals surface area (Å²) >= 11 is 0. The molecule has 5 rings (SSSR count). The topological polar surface area (TPSA) is 148 Å². The highest BCUT2D eigenvalue weighted by atomic mass is 16.6. The number of primary amides is 1. The molecule has 0 spiro atoms. The number of hydrogen-bond donors (Lipinski definition) is 3. The molecule has 10 nitrogen and oxygen atoms in total. The minimum absolute atomic E-state index is 0.0261. The predicted octanol–water partition coefficient (Wildman–Crippen LogP) is 3.06. The number of rotatable bonds is 10. The van der Waals surface area contributed by atoms with Gasteiger partial charge in [0.2, 0.25) is 17.6 Å². The Morgan fingerprint density at radius 2 is 1.66 bits per heavy atom. The Morgan fingerprint density at radius 1 is 0.951 bits per heavy atom. The van der Waals surface area contributed by atoms with E-state index in [0.717, 1.165) is 70.6 Å². The summed E-state index contributed by atoms with van der Waals surface area (Å²) in [5.74, 6) is -1.68. The van der Waals surface area contributed by atoms with Crippen molar-refractivity contribution in [2.24, 2.45) is 40.7 Å². The fourth-order valence-corrected chi connectivity index (χ4v) is 7.99. The van der Waals surface area contributed by atoms with E-state index < -0.39 is 41.8 Å². The van der Waals surface area contributed by atoms with Gasteiger partial charge in [-0.3, -0.25) is 19.2 Å². The molecule has 0 aromatic rings. The van der Waals surface area contributed by atoms with Crippen LogP contribution in [0.15, 0.2) is 0 Å². The maximum atomic E-state index is 14.3. The smallest absolute Gasteiger partial charge is 0.408 e. The molecule has 7 unspecified atom stereocenters. The van der Waals surface area contributed by atoms with Crippen molar-refractivity contribution in [3.8, 4) is 0 Å². The quantitative estimate of drug-likeness (QED) is 0.343. The molecule has 10 heteroatoms. The largest absolute Gasteiger partial charge is 0.446 e. The molecule has 4 aliphatic carbocycles. The van der Waals surface area contributed by atoms with Crippen LogP contribution < -0.4 is 16.4 Å². The van der Waals surface area contributed by atoms with E-state index in [1.54, 1.807) is 4.90 Å². The molecular formula is C31H48N4O6. The van der Waals surface area contributed by atoms with E-state index in [9.17, 15) is 24.0 Å². The summed E-state index contributed by atoms with van der Waals surface area (Å²) < 4.78 is 5.80. The number of alkyl carbamates (subject to hydrolysis) is 1. The summed E-state index contributed by atoms with van der Waals surface area (Å²) in [6.45, 7) is 6.78. The van der Waals surface area contributed by atoms with Crippen LogP contribution in [-0.4, -0.2) is 65.3 Å². The standard InChI is InChI=1S/C31H48N4O6/c1-17-8-7-11-20(14-17)41-30(40)34-24(19-9-5-4-6-10-19)29(39)35-16-21-23(31(21,2)3)25(35)28(38)33-22(15-18-12-13-18)26(36)27(32)37/h17-25H,4-16H2,1-3H3,(H2,32,37)(H,33,38)(H,34,40). The number of hydrogen-bond acceptors (Lipinski definition) is 6. The van der Waals surface area contributed by atoms with Crippen molar-refractivity contribution in [3.05, 3.63) is 0 Å². The van der Waals surface area contributed by atoms with Gasteiger partial charge in [-0.05, 0) is 73.5 Å². The number of nitrogens with one attached hydrogen (secondary N) is 2. The Balaban J connectivity index is 1.33. The molecule has 1 heterocycles. The van der Waals surface area contributed by atoms with Gasteiger partial charge in [0.25, 0.3) is 5.91 Å². The van der Waals surface area contributed by atoms with Crippen LogP contribution in [0.3, 0.4) is 0 Å². The SMILES string of the molecule is CC1CCCC(OC(=O)NC(C(=O)N2CC3C(C2C(=O)NC(CC2CC2)C(=O)C(N)=O)C3(C)C)C2CCCCC2)C1. The van der Waals surface area contributed by atoms with E-state index >= 15 is 0 Å². The number of carbonyl (C=O) groups is 5. The molecule has 41 heavy (non-hydrogen) atoms. The summed E-state index contributed by atoms with van der Waals surface area (Å²) in [4.78, 5) is 67.1. The fraction of sp³-hybridized carbons (Fsp3) is 0.839. The van der Waals surface area contributed by atoms with Crippen LogP contribution in [0.1, 0.15) is 97.8 Å². The average molecular weight is 573 g/mol. The maximum Gasteiger partial charge on any atom is 0.408 e. The Hall–Kier alpha value is -2.65. The second-order valence-corrected chi connectivity index (χ2v) is 14.2. The van der Waals surface area contributed by atoms with Crippen LogP contribution in [0, 0.1) is 35.0 Å². The molecule has 0 bridgehead atoms. The first kappa shape index (κ1) is 29.8. The Morgan fingerprint density at radius 3 is 2.29 bits per heavy atom. The molecule has 4 N–H and O–H groups in total. The summed E-state index contributed by atoms with van der Waals surface area (Å²) in [6.07, 6.45) is 10.1. The zero-order chi connectivity index (χ0) is 29.5. The van der Waals surface area contributed by atoms with Gasteiger partial charge in [-0.1, -0.05) is 59.3 Å². The molecular weight excluding hydrogens is 524 g/mol. The number of likely N-dealkylation sites (tertiary alicyclic amines) is 1. The molecule has 0 radical (unpaired) electrons. The fourth-order valence-electron chi connectivity index (χ4n) is 7.99. The van der Waals surface area contributed by atoms with Crippen LogP contribution in [0.25, 0.3) is 0 Å². The number of carbonyl (C=O) groups excluding carboxylic acids is 5. The Labute approximate surface area is 243 Å². The number of piperidine rings is 1. The van der Waals surface area contributed by atoms with Crippen molar-refractivity contribution >= 4 is 29.6 Å². The van der Waals surface area contributed by atoms with E-state index in [4.69, 9.17) is 10.5 Å². The molecule has 7 atom stereocenters. The zero-order valence-corrected chi connectivity index (χ0v) is 24.9. The molecule has 4 saturated carbocycles. The second kappa shape index (κ2) is 11.9. The summed E-state index contributed by atoms with van der Waals surface area (Å²) in [6, 6.07) is -2.52. The lowest BCUT2D eigenvalue weighted by atomic mass is 9.83. The van der Waals surface area contributed by atoms with Crippen molar-refractivity contribution in [2.45, 2.75) is 122 Å². The van der Waals surface area contributed by atoms with Gasteiger partial charge in [0.15, 0.2) is 0 Å². The van der Waals surface area contributed by atoms with Crippen LogP contribution in [0.2, 0.25) is 0 Å². The zero-order valence-electron chi connectivity index (χ0n) is 24.9. The number of Topliss-reactive ketones (excluding diaryl/α,β-unsaturated/α-hetero) is 1. The summed E-state index contributed by atoms with van der Waals surface area (Å²) in [5, 5.41) is 5.76. The van der Waals surface area contributed by atoms with Crippen molar-refractivity contribution in [1.82, 2.24) is 15.5 Å². The Bertz CT molecular complexity index is 1050. The third-order valence-electron chi connectivity index (χ3n) is 10.7. The average Bonchev–Trinajstić information content (AvgIpc) is 3.78. The first-order valence-corrected chi connectivity index (χ1v) is 15.9. The van der Waals surface area contributed by atoms with Gasteiger partial charge in [0, 0.05) is 6.54 Å². The number of fused-ring (bicyclic) bond motifs is 1. The molecule has 1 aliphatic heterocycles. The number of nitrogens with two attached hydrogens (primary N) is 1. The third kappa shape index (κ3) is 6.56. The van der Waals surface area contributed by atoms with Crippen LogP contribution in [0.4, 0.5) is 4.79 Å². The maximum absolute atomic E-state index is 14.3. The lowest BCUT2D eigenvalue weighted by molar-refractivity contribution is -0.144. The lowest BCUT2D eigenvalue weighted by Crippen LogP contribution is -2.59. The van der Waals surface area contributed by atoms with Gasteiger partial charge >= 0.3 is 6.09 Å². The molecule has 1 saturated heterocycles.